The molecule has 4 rings (SSSR count). The van der Waals surface area contributed by atoms with Crippen molar-refractivity contribution in [2.24, 2.45) is 0 Å². The van der Waals surface area contributed by atoms with Crippen LogP contribution < -0.4 is 10.2 Å². The Labute approximate surface area is 169 Å². The molecular weight excluding hydrogens is 424 g/mol. The number of hydrogen-bond donors (Lipinski definition) is 1. The highest BCUT2D eigenvalue weighted by atomic mass is 79.9. The number of hydrogen-bond acceptors (Lipinski definition) is 4. The summed E-state index contributed by atoms with van der Waals surface area (Å²) < 4.78 is 0.887. The highest BCUT2D eigenvalue weighted by molar-refractivity contribution is 9.10. The van der Waals surface area contributed by atoms with Gasteiger partial charge in [-0.05, 0) is 54.3 Å². The first-order chi connectivity index (χ1) is 13.0. The zero-order chi connectivity index (χ0) is 19.0. The van der Waals surface area contributed by atoms with Gasteiger partial charge in [0.15, 0.2) is 0 Å². The number of carbonyl (C=O) groups excluding carboxylic acids is 2. The van der Waals surface area contributed by atoms with E-state index >= 15 is 0 Å². The molecule has 0 saturated carbocycles. The number of halogens is 1. The fraction of sp³-hybridized carbons (Fsp3) is 0.0476. The van der Waals surface area contributed by atoms with Crippen LogP contribution in [0, 0.1) is 6.92 Å². The van der Waals surface area contributed by atoms with Crippen molar-refractivity contribution in [3.8, 4) is 0 Å². The maximum Gasteiger partial charge on any atom is 0.282 e. The molecule has 2 amide bonds. The summed E-state index contributed by atoms with van der Waals surface area (Å²) in [6.45, 7) is 1.93. The normalized spacial score (nSPS) is 14.2. The van der Waals surface area contributed by atoms with Crippen LogP contribution >= 0.6 is 27.3 Å². The van der Waals surface area contributed by atoms with Gasteiger partial charge in [-0.1, -0.05) is 40.2 Å². The second-order valence-corrected chi connectivity index (χ2v) is 8.01. The van der Waals surface area contributed by atoms with Crippen LogP contribution in [0.25, 0.3) is 5.57 Å². The van der Waals surface area contributed by atoms with E-state index in [4.69, 9.17) is 0 Å². The minimum Gasteiger partial charge on any atom is -0.350 e. The molecule has 4 nitrogen and oxygen atoms in total. The molecule has 2 aromatic carbocycles. The zero-order valence-electron chi connectivity index (χ0n) is 14.4. The third kappa shape index (κ3) is 3.34. The summed E-state index contributed by atoms with van der Waals surface area (Å²) in [5.41, 5.74) is 2.99. The standard InChI is InChI=1S/C21H15BrN2O2S/c1-13-5-2-8-16(11-13)24-20(25)18(17-9-4-10-27-17)19(21(24)26)23-15-7-3-6-14(22)12-15/h2-12,23H,1H3. The van der Waals surface area contributed by atoms with Gasteiger partial charge in [0.25, 0.3) is 11.8 Å². The smallest absolute Gasteiger partial charge is 0.282 e. The molecule has 0 radical (unpaired) electrons. The summed E-state index contributed by atoms with van der Waals surface area (Å²) in [6, 6.07) is 18.6. The predicted octanol–water partition coefficient (Wildman–Crippen LogP) is 5.22. The van der Waals surface area contributed by atoms with Crippen molar-refractivity contribution in [1.82, 2.24) is 0 Å². The van der Waals surface area contributed by atoms with Gasteiger partial charge < -0.3 is 5.32 Å². The number of rotatable bonds is 4. The van der Waals surface area contributed by atoms with Crippen molar-refractivity contribution in [3.63, 3.8) is 0 Å². The van der Waals surface area contributed by atoms with Gasteiger partial charge in [-0.25, -0.2) is 4.90 Å². The molecular formula is C21H15BrN2O2S. The maximum atomic E-state index is 13.2. The molecule has 1 N–H and O–H groups in total. The molecule has 0 unspecified atom stereocenters. The maximum absolute atomic E-state index is 13.2. The molecule has 1 aromatic heterocycles. The second kappa shape index (κ2) is 7.13. The van der Waals surface area contributed by atoms with Gasteiger partial charge >= 0.3 is 0 Å². The number of thiophene rings is 1. The Morgan fingerprint density at radius 2 is 1.78 bits per heavy atom. The number of carbonyl (C=O) groups is 2. The van der Waals surface area contributed by atoms with Crippen LogP contribution in [0.5, 0.6) is 0 Å². The minimum absolute atomic E-state index is 0.294. The van der Waals surface area contributed by atoms with Gasteiger partial charge in [0.1, 0.15) is 5.70 Å². The zero-order valence-corrected chi connectivity index (χ0v) is 16.8. The molecule has 0 fully saturated rings. The molecule has 3 aromatic rings. The van der Waals surface area contributed by atoms with Gasteiger partial charge in [-0.3, -0.25) is 9.59 Å². The monoisotopic (exact) mass is 438 g/mol. The molecule has 0 aliphatic carbocycles. The number of nitrogens with one attached hydrogen (secondary N) is 1. The number of nitrogens with zero attached hydrogens (tertiary/aromatic N) is 1. The average molecular weight is 439 g/mol. The van der Waals surface area contributed by atoms with Crippen molar-refractivity contribution in [3.05, 3.63) is 86.7 Å². The number of imide groups is 1. The largest absolute Gasteiger partial charge is 0.350 e. The van der Waals surface area contributed by atoms with Gasteiger partial charge in [0.05, 0.1) is 11.3 Å². The summed E-state index contributed by atoms with van der Waals surface area (Å²) in [7, 11) is 0. The fourth-order valence-electron chi connectivity index (χ4n) is 3.01. The van der Waals surface area contributed by atoms with E-state index in [1.807, 2.05) is 66.9 Å². The Hall–Kier alpha value is -2.70. The minimum atomic E-state index is -0.353. The van der Waals surface area contributed by atoms with Crippen LogP contribution in [-0.2, 0) is 9.59 Å². The lowest BCUT2D eigenvalue weighted by atomic mass is 10.2. The molecule has 0 spiro atoms. The van der Waals surface area contributed by atoms with E-state index < -0.39 is 0 Å². The number of anilines is 2. The Morgan fingerprint density at radius 1 is 0.963 bits per heavy atom. The van der Waals surface area contributed by atoms with E-state index in [0.717, 1.165) is 20.6 Å². The van der Waals surface area contributed by atoms with Gasteiger partial charge in [0, 0.05) is 15.0 Å². The molecule has 6 heteroatoms. The van der Waals surface area contributed by atoms with Crippen LogP contribution in [0.15, 0.2) is 76.2 Å². The predicted molar refractivity (Wildman–Crippen MR) is 113 cm³/mol. The molecule has 1 aliphatic heterocycles. The first-order valence-corrected chi connectivity index (χ1v) is 9.98. The van der Waals surface area contributed by atoms with Gasteiger partial charge in [0.2, 0.25) is 0 Å². The highest BCUT2D eigenvalue weighted by Crippen LogP contribution is 2.35. The summed E-state index contributed by atoms with van der Waals surface area (Å²) in [4.78, 5) is 28.4. The first kappa shape index (κ1) is 17.7. The van der Waals surface area contributed by atoms with Gasteiger partial charge in [-0.15, -0.1) is 11.3 Å². The summed E-state index contributed by atoms with van der Waals surface area (Å²) >= 11 is 4.87. The van der Waals surface area contributed by atoms with Crippen LogP contribution in [0.3, 0.4) is 0 Å². The van der Waals surface area contributed by atoms with E-state index in [-0.39, 0.29) is 11.8 Å². The molecule has 0 bridgehead atoms. The average Bonchev–Trinajstić information content (AvgIpc) is 3.22. The molecule has 2 heterocycles. The van der Waals surface area contributed by atoms with E-state index in [1.165, 1.54) is 16.2 Å². The van der Waals surface area contributed by atoms with Gasteiger partial charge in [-0.2, -0.15) is 0 Å². The number of amides is 2. The summed E-state index contributed by atoms with van der Waals surface area (Å²) in [5.74, 6) is -0.667. The Balaban J connectivity index is 1.81. The second-order valence-electron chi connectivity index (χ2n) is 6.15. The lowest BCUT2D eigenvalue weighted by Gasteiger charge is -2.16. The molecule has 1 aliphatic rings. The highest BCUT2D eigenvalue weighted by Gasteiger charge is 2.40. The Bertz CT molecular complexity index is 1070. The van der Waals surface area contributed by atoms with Crippen LogP contribution in [0.2, 0.25) is 0 Å². The van der Waals surface area contributed by atoms with Crippen molar-refractivity contribution in [2.45, 2.75) is 6.92 Å². The molecule has 0 saturated heterocycles. The van der Waals surface area contributed by atoms with E-state index in [2.05, 4.69) is 21.2 Å². The van der Waals surface area contributed by atoms with Crippen molar-refractivity contribution < 1.29 is 9.59 Å². The first-order valence-electron chi connectivity index (χ1n) is 8.31. The summed E-state index contributed by atoms with van der Waals surface area (Å²) in [6.07, 6.45) is 0. The van der Waals surface area contributed by atoms with E-state index in [0.29, 0.717) is 17.0 Å². The Morgan fingerprint density at radius 3 is 2.48 bits per heavy atom. The van der Waals surface area contributed by atoms with E-state index in [1.54, 1.807) is 6.07 Å². The van der Waals surface area contributed by atoms with Crippen molar-refractivity contribution in [1.29, 1.82) is 0 Å². The molecule has 134 valence electrons. The van der Waals surface area contributed by atoms with Crippen molar-refractivity contribution in [2.75, 3.05) is 10.2 Å². The Kier molecular flexibility index (Phi) is 4.68. The fourth-order valence-corrected chi connectivity index (χ4v) is 4.17. The van der Waals surface area contributed by atoms with Crippen LogP contribution in [-0.4, -0.2) is 11.8 Å². The quantitative estimate of drug-likeness (QED) is 0.568. The summed E-state index contributed by atoms with van der Waals surface area (Å²) in [5, 5.41) is 5.05. The van der Waals surface area contributed by atoms with Crippen LogP contribution in [0.4, 0.5) is 11.4 Å². The third-order valence-electron chi connectivity index (χ3n) is 4.21. The third-order valence-corrected chi connectivity index (χ3v) is 5.59. The number of aryl methyl sites for hydroxylation is 1. The SMILES string of the molecule is Cc1cccc(N2C(=O)C(Nc3cccc(Br)c3)=C(c3cccs3)C2=O)c1. The molecule has 27 heavy (non-hydrogen) atoms. The van der Waals surface area contributed by atoms with E-state index in [9.17, 15) is 9.59 Å². The van der Waals surface area contributed by atoms with Crippen LogP contribution in [0.1, 0.15) is 10.4 Å². The topological polar surface area (TPSA) is 49.4 Å². The lowest BCUT2D eigenvalue weighted by molar-refractivity contribution is -0.120. The van der Waals surface area contributed by atoms with Crippen molar-refractivity contribution >= 4 is 56.0 Å². The lowest BCUT2D eigenvalue weighted by Crippen LogP contribution is -2.32. The number of benzene rings is 2. The molecule has 0 atom stereocenters.